The molecule has 2 N–H and O–H groups in total. The fourth-order valence-electron chi connectivity index (χ4n) is 3.79. The zero-order valence-electron chi connectivity index (χ0n) is 15.4. The van der Waals surface area contributed by atoms with Crippen molar-refractivity contribution in [1.82, 2.24) is 14.7 Å². The van der Waals surface area contributed by atoms with Gasteiger partial charge < -0.3 is 14.8 Å². The minimum Gasteiger partial charge on any atom is -0.341 e. The predicted octanol–water partition coefficient (Wildman–Crippen LogP) is 4.52. The van der Waals surface area contributed by atoms with Crippen LogP contribution in [0.2, 0.25) is 0 Å². The van der Waals surface area contributed by atoms with Gasteiger partial charge >= 0.3 is 0 Å². The number of nitrogens with two attached hydrogens (primary N) is 1. The van der Waals surface area contributed by atoms with Gasteiger partial charge in [0.25, 0.3) is 5.89 Å². The number of aromatic nitrogens is 3. The maximum atomic E-state index is 6.32. The van der Waals surface area contributed by atoms with Gasteiger partial charge in [-0.05, 0) is 51.7 Å². The lowest BCUT2D eigenvalue weighted by atomic mass is 9.77. The Balaban J connectivity index is 0.00000196. The van der Waals surface area contributed by atoms with Crippen molar-refractivity contribution in [2.75, 3.05) is 0 Å². The van der Waals surface area contributed by atoms with E-state index >= 15 is 0 Å². The number of benzene rings is 1. The number of hydrogen-bond donors (Lipinski definition) is 1. The topological polar surface area (TPSA) is 69.9 Å². The van der Waals surface area contributed by atoms with E-state index in [4.69, 9.17) is 10.3 Å². The van der Waals surface area contributed by atoms with E-state index < -0.39 is 5.54 Å². The highest BCUT2D eigenvalue weighted by molar-refractivity contribution is 5.85. The molecule has 0 radical (unpaired) electrons. The van der Waals surface area contributed by atoms with Gasteiger partial charge in [0.05, 0.1) is 17.1 Å². The van der Waals surface area contributed by atoms with E-state index in [1.807, 2.05) is 6.07 Å². The molecule has 2 heterocycles. The van der Waals surface area contributed by atoms with Crippen molar-refractivity contribution in [1.29, 1.82) is 0 Å². The summed E-state index contributed by atoms with van der Waals surface area (Å²) in [5.41, 5.74) is 10.5. The molecule has 1 aliphatic carbocycles. The maximum absolute atomic E-state index is 6.32. The zero-order valence-corrected chi connectivity index (χ0v) is 16.2. The molecule has 0 amide bonds. The smallest absolute Gasteiger partial charge is 0.259 e. The highest BCUT2D eigenvalue weighted by Gasteiger charge is 2.39. The molecule has 1 unspecified atom stereocenters. The van der Waals surface area contributed by atoms with Gasteiger partial charge in [0, 0.05) is 11.4 Å². The van der Waals surface area contributed by atoms with E-state index in [-0.39, 0.29) is 18.4 Å². The van der Waals surface area contributed by atoms with Crippen LogP contribution < -0.4 is 5.73 Å². The van der Waals surface area contributed by atoms with E-state index in [1.54, 1.807) is 0 Å². The first kappa shape index (κ1) is 18.7. The second-order valence-corrected chi connectivity index (χ2v) is 7.17. The summed E-state index contributed by atoms with van der Waals surface area (Å²) >= 11 is 0. The van der Waals surface area contributed by atoms with Crippen LogP contribution in [0, 0.1) is 13.8 Å². The minimum absolute atomic E-state index is 0. The van der Waals surface area contributed by atoms with Crippen molar-refractivity contribution in [3.63, 3.8) is 0 Å². The minimum atomic E-state index is -0.398. The van der Waals surface area contributed by atoms with Crippen LogP contribution in [0.3, 0.4) is 0 Å². The van der Waals surface area contributed by atoms with Crippen LogP contribution in [0.25, 0.3) is 11.5 Å². The molecule has 0 spiro atoms. The van der Waals surface area contributed by atoms with Crippen LogP contribution in [-0.4, -0.2) is 14.7 Å². The molecular weight excluding hydrogens is 348 g/mol. The zero-order chi connectivity index (χ0) is 17.6. The summed E-state index contributed by atoms with van der Waals surface area (Å²) in [6.07, 6.45) is 2.98. The molecule has 138 valence electrons. The molecule has 1 atom stereocenters. The molecule has 0 saturated heterocycles. The summed E-state index contributed by atoms with van der Waals surface area (Å²) in [7, 11) is 0. The van der Waals surface area contributed by atoms with Gasteiger partial charge in [-0.1, -0.05) is 35.5 Å². The highest BCUT2D eigenvalue weighted by atomic mass is 35.5. The van der Waals surface area contributed by atoms with Gasteiger partial charge in [0.1, 0.15) is 0 Å². The molecule has 3 aromatic rings. The number of hydrogen-bond acceptors (Lipinski definition) is 4. The Morgan fingerprint density at radius 3 is 2.50 bits per heavy atom. The van der Waals surface area contributed by atoms with E-state index in [9.17, 15) is 0 Å². The summed E-state index contributed by atoms with van der Waals surface area (Å²) in [6, 6.07) is 12.9. The Hall–Kier alpha value is -2.11. The second kappa shape index (κ2) is 6.89. The van der Waals surface area contributed by atoms with E-state index in [0.717, 1.165) is 30.5 Å². The summed E-state index contributed by atoms with van der Waals surface area (Å²) in [5.74, 6) is 1.20. The van der Waals surface area contributed by atoms with Gasteiger partial charge in [-0.15, -0.1) is 12.4 Å². The van der Waals surface area contributed by atoms with Crippen LogP contribution in [0.1, 0.15) is 55.0 Å². The average molecular weight is 373 g/mol. The molecule has 6 heteroatoms. The number of aryl methyl sites for hydroxylation is 1. The van der Waals surface area contributed by atoms with Crippen molar-refractivity contribution in [3.05, 3.63) is 59.2 Å². The first-order valence-electron chi connectivity index (χ1n) is 8.86. The van der Waals surface area contributed by atoms with Gasteiger partial charge in [-0.2, -0.15) is 4.98 Å². The van der Waals surface area contributed by atoms with Gasteiger partial charge in [0.2, 0.25) is 0 Å². The van der Waals surface area contributed by atoms with E-state index in [1.165, 1.54) is 11.3 Å². The van der Waals surface area contributed by atoms with Gasteiger partial charge in [-0.25, -0.2) is 0 Å². The van der Waals surface area contributed by atoms with Crippen LogP contribution in [0.5, 0.6) is 0 Å². The molecule has 1 aliphatic rings. The predicted molar refractivity (Wildman–Crippen MR) is 104 cm³/mol. The van der Waals surface area contributed by atoms with Gasteiger partial charge in [0.15, 0.2) is 5.82 Å². The summed E-state index contributed by atoms with van der Waals surface area (Å²) < 4.78 is 7.87. The Morgan fingerprint density at radius 1 is 1.19 bits per heavy atom. The Morgan fingerprint density at radius 2 is 1.88 bits per heavy atom. The first-order valence-corrected chi connectivity index (χ1v) is 8.86. The molecule has 5 nitrogen and oxygen atoms in total. The molecule has 26 heavy (non-hydrogen) atoms. The lowest BCUT2D eigenvalue weighted by molar-refractivity contribution is 0.229. The average Bonchev–Trinajstić information content (AvgIpc) is 3.18. The summed E-state index contributed by atoms with van der Waals surface area (Å²) in [4.78, 5) is 4.61. The third-order valence-corrected chi connectivity index (χ3v) is 5.50. The monoisotopic (exact) mass is 372 g/mol. The fourth-order valence-corrected chi connectivity index (χ4v) is 3.79. The third-order valence-electron chi connectivity index (χ3n) is 5.50. The highest BCUT2D eigenvalue weighted by Crippen LogP contribution is 2.38. The Bertz CT molecular complexity index is 896. The lowest BCUT2D eigenvalue weighted by Crippen LogP contribution is -2.44. The third kappa shape index (κ3) is 2.95. The second-order valence-electron chi connectivity index (χ2n) is 7.17. The van der Waals surface area contributed by atoms with Gasteiger partial charge in [-0.3, -0.25) is 0 Å². The molecule has 2 aromatic heterocycles. The Labute approximate surface area is 160 Å². The molecule has 1 saturated carbocycles. The molecule has 1 aromatic carbocycles. The normalized spacial score (nSPS) is 16.6. The number of halogens is 1. The molecular formula is C20H25ClN4O. The first-order chi connectivity index (χ1) is 12.0. The van der Waals surface area contributed by atoms with Crippen molar-refractivity contribution in [3.8, 4) is 11.5 Å². The lowest BCUT2D eigenvalue weighted by Gasteiger charge is -2.34. The quantitative estimate of drug-likeness (QED) is 0.730. The largest absolute Gasteiger partial charge is 0.341 e. The van der Waals surface area contributed by atoms with E-state index in [2.05, 4.69) is 65.8 Å². The Kier molecular flexibility index (Phi) is 4.95. The van der Waals surface area contributed by atoms with Crippen molar-refractivity contribution in [2.24, 2.45) is 5.73 Å². The molecule has 4 rings (SSSR count). The number of nitrogens with zero attached hydrogens (tertiary/aromatic N) is 3. The van der Waals surface area contributed by atoms with Crippen LogP contribution in [-0.2, 0) is 5.54 Å². The molecule has 0 bridgehead atoms. The van der Waals surface area contributed by atoms with Crippen LogP contribution in [0.15, 0.2) is 40.9 Å². The fraction of sp³-hybridized carbons (Fsp3) is 0.400. The molecule has 0 aliphatic heterocycles. The van der Waals surface area contributed by atoms with Crippen LogP contribution >= 0.6 is 12.4 Å². The van der Waals surface area contributed by atoms with Crippen molar-refractivity contribution in [2.45, 2.75) is 51.6 Å². The maximum Gasteiger partial charge on any atom is 0.259 e. The SMILES string of the molecule is Cc1cc(-c2nc(C3(N)CCC3)no2)c(C)n1C(C)c1ccccc1.Cl. The van der Waals surface area contributed by atoms with Crippen LogP contribution in [0.4, 0.5) is 0 Å². The molecule has 1 fully saturated rings. The summed E-state index contributed by atoms with van der Waals surface area (Å²) in [5, 5.41) is 4.15. The van der Waals surface area contributed by atoms with Crippen molar-refractivity contribution >= 4 is 12.4 Å². The number of rotatable bonds is 4. The van der Waals surface area contributed by atoms with E-state index in [0.29, 0.717) is 11.7 Å². The van der Waals surface area contributed by atoms with Crippen molar-refractivity contribution < 1.29 is 4.52 Å². The standard InChI is InChI=1S/C20H24N4O.ClH/c1-13-12-17(18-22-19(23-25-18)20(21)10-7-11-20)15(3)24(13)14(2)16-8-5-4-6-9-16;/h4-6,8-9,12,14H,7,10-11,21H2,1-3H3;1H. The summed E-state index contributed by atoms with van der Waals surface area (Å²) in [6.45, 7) is 6.43.